The van der Waals surface area contributed by atoms with Crippen molar-refractivity contribution in [2.75, 3.05) is 32.2 Å². The summed E-state index contributed by atoms with van der Waals surface area (Å²) in [5, 5.41) is 3.17. The van der Waals surface area contributed by atoms with Gasteiger partial charge in [0, 0.05) is 45.6 Å². The zero-order chi connectivity index (χ0) is 14.9. The Morgan fingerprint density at radius 3 is 2.62 bits per heavy atom. The maximum Gasteiger partial charge on any atom is 0.163 e. The van der Waals surface area contributed by atoms with E-state index in [4.69, 9.17) is 19.4 Å². The van der Waals surface area contributed by atoms with Gasteiger partial charge in [-0.3, -0.25) is 0 Å². The van der Waals surface area contributed by atoms with Crippen molar-refractivity contribution in [1.82, 2.24) is 9.97 Å². The molecule has 5 nitrogen and oxygen atoms in total. The van der Waals surface area contributed by atoms with E-state index >= 15 is 0 Å². The summed E-state index contributed by atoms with van der Waals surface area (Å²) in [6.45, 7) is 4.09. The quantitative estimate of drug-likeness (QED) is 0.878. The molecule has 0 radical (unpaired) electrons. The molecule has 0 aromatic carbocycles. The third-order valence-electron chi connectivity index (χ3n) is 4.21. The van der Waals surface area contributed by atoms with Gasteiger partial charge in [-0.15, -0.1) is 0 Å². The molecule has 1 saturated heterocycles. The lowest BCUT2D eigenvalue weighted by atomic mass is 9.92. The monoisotopic (exact) mass is 355 g/mol. The minimum atomic E-state index is -0.400. The summed E-state index contributed by atoms with van der Waals surface area (Å²) in [6.07, 6.45) is 4.05. The largest absolute Gasteiger partial charge is 0.381 e. The number of nitrogens with one attached hydrogen (secondary N) is 1. The second-order valence-electron chi connectivity index (χ2n) is 5.66. The maximum absolute atomic E-state index is 6.10. The van der Waals surface area contributed by atoms with Gasteiger partial charge in [0.2, 0.25) is 0 Å². The predicted octanol–water partition coefficient (Wildman–Crippen LogP) is 3.20. The summed E-state index contributed by atoms with van der Waals surface area (Å²) < 4.78 is 12.6. The van der Waals surface area contributed by atoms with Gasteiger partial charge in [0.15, 0.2) is 5.82 Å². The van der Waals surface area contributed by atoms with Crippen molar-refractivity contribution in [1.29, 1.82) is 0 Å². The maximum atomic E-state index is 6.10. The molecule has 21 heavy (non-hydrogen) atoms. The van der Waals surface area contributed by atoms with Crippen LogP contribution in [0.4, 0.5) is 5.82 Å². The SMILES string of the molecule is CCOC1(c2nc(NC)c(Br)c(C3CC3)n2)CCOCC1. The molecule has 1 saturated carbocycles. The van der Waals surface area contributed by atoms with Gasteiger partial charge in [0.05, 0.1) is 10.2 Å². The first kappa shape index (κ1) is 15.2. The van der Waals surface area contributed by atoms with Crippen LogP contribution in [0, 0.1) is 0 Å². The summed E-state index contributed by atoms with van der Waals surface area (Å²) in [7, 11) is 1.89. The molecule has 6 heteroatoms. The van der Waals surface area contributed by atoms with Crippen LogP contribution in [-0.4, -0.2) is 36.8 Å². The topological polar surface area (TPSA) is 56.3 Å². The van der Waals surface area contributed by atoms with Crippen LogP contribution in [0.1, 0.15) is 50.0 Å². The van der Waals surface area contributed by atoms with Crippen LogP contribution < -0.4 is 5.32 Å². The van der Waals surface area contributed by atoms with Gasteiger partial charge in [-0.2, -0.15) is 0 Å². The number of hydrogen-bond donors (Lipinski definition) is 1. The van der Waals surface area contributed by atoms with E-state index in [0.29, 0.717) is 25.7 Å². The van der Waals surface area contributed by atoms with E-state index in [2.05, 4.69) is 21.2 Å². The Labute approximate surface area is 134 Å². The average molecular weight is 356 g/mol. The van der Waals surface area contributed by atoms with E-state index in [1.807, 2.05) is 14.0 Å². The van der Waals surface area contributed by atoms with Gasteiger partial charge in [-0.25, -0.2) is 9.97 Å². The molecule has 1 aliphatic carbocycles. The number of aromatic nitrogens is 2. The number of ether oxygens (including phenoxy) is 2. The Bertz CT molecular complexity index is 508. The Balaban J connectivity index is 2.04. The van der Waals surface area contributed by atoms with E-state index in [1.165, 1.54) is 12.8 Å². The standard InChI is InChI=1S/C15H22BrN3O2/c1-3-21-15(6-8-20-9-7-15)14-18-12(10-4-5-10)11(16)13(17-2)19-14/h10H,3-9H2,1-2H3,(H,17,18,19). The predicted molar refractivity (Wildman–Crippen MR) is 84.6 cm³/mol. The third-order valence-corrected chi connectivity index (χ3v) is 4.99. The van der Waals surface area contributed by atoms with Crippen molar-refractivity contribution in [3.05, 3.63) is 16.0 Å². The van der Waals surface area contributed by atoms with Crippen LogP contribution in [0.15, 0.2) is 4.47 Å². The van der Waals surface area contributed by atoms with Gasteiger partial charge >= 0.3 is 0 Å². The molecule has 1 aromatic heterocycles. The molecule has 1 N–H and O–H groups in total. The fourth-order valence-electron chi connectivity index (χ4n) is 2.87. The Kier molecular flexibility index (Phi) is 4.47. The second kappa shape index (κ2) is 6.18. The van der Waals surface area contributed by atoms with E-state index in [-0.39, 0.29) is 0 Å². The Hall–Kier alpha value is -0.720. The fraction of sp³-hybridized carbons (Fsp3) is 0.733. The van der Waals surface area contributed by atoms with Gasteiger partial charge < -0.3 is 14.8 Å². The number of hydrogen-bond acceptors (Lipinski definition) is 5. The van der Waals surface area contributed by atoms with Crippen LogP contribution in [0.2, 0.25) is 0 Å². The lowest BCUT2D eigenvalue weighted by Crippen LogP contribution is -2.38. The van der Waals surface area contributed by atoms with Crippen LogP contribution in [-0.2, 0) is 15.1 Å². The number of rotatable bonds is 5. The molecule has 2 fully saturated rings. The first-order valence-corrected chi connectivity index (χ1v) is 8.47. The molecule has 2 aliphatic rings. The van der Waals surface area contributed by atoms with Crippen molar-refractivity contribution in [2.45, 2.75) is 44.1 Å². The number of halogens is 1. The highest BCUT2D eigenvalue weighted by Crippen LogP contribution is 2.45. The molecule has 0 unspecified atom stereocenters. The molecule has 0 amide bonds. The fourth-order valence-corrected chi connectivity index (χ4v) is 3.57. The van der Waals surface area contributed by atoms with Crippen molar-refractivity contribution in [3.8, 4) is 0 Å². The van der Waals surface area contributed by atoms with Gasteiger partial charge in [-0.1, -0.05) is 0 Å². The molecule has 0 spiro atoms. The lowest BCUT2D eigenvalue weighted by Gasteiger charge is -2.35. The van der Waals surface area contributed by atoms with E-state index in [1.54, 1.807) is 0 Å². The van der Waals surface area contributed by atoms with Crippen molar-refractivity contribution in [3.63, 3.8) is 0 Å². The Morgan fingerprint density at radius 1 is 1.33 bits per heavy atom. The first-order valence-electron chi connectivity index (χ1n) is 7.67. The van der Waals surface area contributed by atoms with Crippen LogP contribution in [0.25, 0.3) is 0 Å². The minimum Gasteiger partial charge on any atom is -0.381 e. The number of nitrogens with zero attached hydrogens (tertiary/aromatic N) is 2. The average Bonchev–Trinajstić information content (AvgIpc) is 3.33. The summed E-state index contributed by atoms with van der Waals surface area (Å²) >= 11 is 3.64. The zero-order valence-corrected chi connectivity index (χ0v) is 14.2. The second-order valence-corrected chi connectivity index (χ2v) is 6.45. The summed E-state index contributed by atoms with van der Waals surface area (Å²) in [6, 6.07) is 0. The van der Waals surface area contributed by atoms with E-state index < -0.39 is 5.60 Å². The van der Waals surface area contributed by atoms with Crippen LogP contribution in [0.5, 0.6) is 0 Å². The summed E-state index contributed by atoms with van der Waals surface area (Å²) in [5.74, 6) is 2.22. The minimum absolute atomic E-state index is 0.400. The lowest BCUT2D eigenvalue weighted by molar-refractivity contribution is -0.117. The highest BCUT2D eigenvalue weighted by Gasteiger charge is 2.40. The van der Waals surface area contributed by atoms with Crippen molar-refractivity contribution in [2.24, 2.45) is 0 Å². The van der Waals surface area contributed by atoms with E-state index in [9.17, 15) is 0 Å². The molecule has 1 aromatic rings. The molecule has 0 atom stereocenters. The van der Waals surface area contributed by atoms with Crippen molar-refractivity contribution < 1.29 is 9.47 Å². The highest BCUT2D eigenvalue weighted by molar-refractivity contribution is 9.10. The number of anilines is 1. The first-order chi connectivity index (χ1) is 10.2. The molecule has 116 valence electrons. The van der Waals surface area contributed by atoms with Gasteiger partial charge in [-0.05, 0) is 35.7 Å². The van der Waals surface area contributed by atoms with Gasteiger partial charge in [0.1, 0.15) is 11.4 Å². The summed E-state index contributed by atoms with van der Waals surface area (Å²) in [5.41, 5.74) is 0.720. The third kappa shape index (κ3) is 2.94. The van der Waals surface area contributed by atoms with Crippen molar-refractivity contribution >= 4 is 21.7 Å². The smallest absolute Gasteiger partial charge is 0.163 e. The molecular weight excluding hydrogens is 334 g/mol. The molecule has 1 aliphatic heterocycles. The molecule has 3 rings (SSSR count). The Morgan fingerprint density at radius 2 is 2.05 bits per heavy atom. The van der Waals surface area contributed by atoms with E-state index in [0.717, 1.165) is 34.7 Å². The van der Waals surface area contributed by atoms with Gasteiger partial charge in [0.25, 0.3) is 0 Å². The molecule has 2 heterocycles. The molecular formula is C15H22BrN3O2. The highest BCUT2D eigenvalue weighted by atomic mass is 79.9. The normalized spacial score (nSPS) is 21.3. The molecule has 0 bridgehead atoms. The summed E-state index contributed by atoms with van der Waals surface area (Å²) in [4.78, 5) is 9.61. The zero-order valence-electron chi connectivity index (χ0n) is 12.6. The van der Waals surface area contributed by atoms with Crippen LogP contribution >= 0.6 is 15.9 Å². The van der Waals surface area contributed by atoms with Crippen LogP contribution in [0.3, 0.4) is 0 Å².